The maximum absolute atomic E-state index is 12.7. The Hall–Kier alpha value is -2.62. The van der Waals surface area contributed by atoms with Crippen molar-refractivity contribution in [2.45, 2.75) is 42.7 Å². The van der Waals surface area contributed by atoms with Gasteiger partial charge in [0.25, 0.3) is 0 Å². The van der Waals surface area contributed by atoms with Crippen LogP contribution in [0.5, 0.6) is 5.88 Å². The Labute approximate surface area is 172 Å². The van der Waals surface area contributed by atoms with Gasteiger partial charge < -0.3 is 9.64 Å². The number of amides is 1. The summed E-state index contributed by atoms with van der Waals surface area (Å²) >= 11 is 0. The predicted molar refractivity (Wildman–Crippen MR) is 103 cm³/mol. The van der Waals surface area contributed by atoms with Gasteiger partial charge in [-0.1, -0.05) is 12.1 Å². The third-order valence-corrected chi connectivity index (χ3v) is 6.95. The number of carbonyl (C=O) groups excluding carboxylic acids is 1. The third-order valence-electron chi connectivity index (χ3n) is 4.78. The molecule has 162 valence electrons. The molecule has 2 heterocycles. The summed E-state index contributed by atoms with van der Waals surface area (Å²) in [5.41, 5.74) is -0.172. The molecule has 1 aromatic carbocycles. The first-order valence-electron chi connectivity index (χ1n) is 9.27. The van der Waals surface area contributed by atoms with Gasteiger partial charge in [0.1, 0.15) is 6.10 Å². The van der Waals surface area contributed by atoms with Crippen LogP contribution >= 0.6 is 0 Å². The van der Waals surface area contributed by atoms with Crippen molar-refractivity contribution >= 4 is 15.7 Å². The van der Waals surface area contributed by atoms with Gasteiger partial charge in [-0.2, -0.15) is 13.2 Å². The molecule has 0 N–H and O–H groups in total. The molecule has 0 spiro atoms. The van der Waals surface area contributed by atoms with E-state index >= 15 is 0 Å². The van der Waals surface area contributed by atoms with E-state index in [0.29, 0.717) is 5.56 Å². The monoisotopic (exact) mass is 442 g/mol. The quantitative estimate of drug-likeness (QED) is 0.687. The van der Waals surface area contributed by atoms with Crippen molar-refractivity contribution in [1.29, 1.82) is 0 Å². The number of rotatable bonds is 6. The maximum atomic E-state index is 12.7. The largest absolute Gasteiger partial charge is 0.471 e. The summed E-state index contributed by atoms with van der Waals surface area (Å²) in [4.78, 5) is 17.9. The lowest BCUT2D eigenvalue weighted by Gasteiger charge is -2.38. The van der Waals surface area contributed by atoms with Crippen molar-refractivity contribution in [2.24, 2.45) is 0 Å². The average molecular weight is 442 g/mol. The molecular weight excluding hydrogens is 421 g/mol. The smallest absolute Gasteiger partial charge is 0.416 e. The highest BCUT2D eigenvalue weighted by molar-refractivity contribution is 7.92. The minimum Gasteiger partial charge on any atom is -0.471 e. The van der Waals surface area contributed by atoms with Crippen LogP contribution < -0.4 is 4.74 Å². The Morgan fingerprint density at radius 2 is 1.83 bits per heavy atom. The van der Waals surface area contributed by atoms with Crippen molar-refractivity contribution in [3.05, 3.63) is 53.7 Å². The first kappa shape index (κ1) is 22.1. The molecule has 0 atom stereocenters. The summed E-state index contributed by atoms with van der Waals surface area (Å²) < 4.78 is 67.9. The summed E-state index contributed by atoms with van der Waals surface area (Å²) in [5.74, 6) is -0.310. The predicted octanol–water partition coefficient (Wildman–Crippen LogP) is 3.11. The van der Waals surface area contributed by atoms with Gasteiger partial charge in [-0.15, -0.1) is 0 Å². The number of carbonyl (C=O) groups is 1. The first-order chi connectivity index (χ1) is 14.0. The van der Waals surface area contributed by atoms with E-state index in [0.717, 1.165) is 18.3 Å². The number of aromatic nitrogens is 1. The van der Waals surface area contributed by atoms with E-state index in [4.69, 9.17) is 4.74 Å². The molecule has 1 saturated heterocycles. The number of hydrogen-bond acceptors (Lipinski definition) is 5. The second kappa shape index (κ2) is 8.25. The molecule has 3 rings (SSSR count). The molecule has 2 aromatic rings. The van der Waals surface area contributed by atoms with Crippen molar-refractivity contribution in [1.82, 2.24) is 9.88 Å². The van der Waals surface area contributed by atoms with Gasteiger partial charge in [0.15, 0.2) is 9.84 Å². The molecule has 30 heavy (non-hydrogen) atoms. The number of hydrogen-bond donors (Lipinski definition) is 0. The van der Waals surface area contributed by atoms with Crippen LogP contribution in [0.25, 0.3) is 0 Å². The van der Waals surface area contributed by atoms with Crippen LogP contribution in [0, 0.1) is 0 Å². The average Bonchev–Trinajstić information content (AvgIpc) is 2.64. The normalized spacial score (nSPS) is 15.2. The number of halogens is 3. The molecule has 1 amide bonds. The fourth-order valence-electron chi connectivity index (χ4n) is 2.89. The zero-order valence-corrected chi connectivity index (χ0v) is 17.2. The fourth-order valence-corrected chi connectivity index (χ4v) is 3.95. The lowest BCUT2D eigenvalue weighted by Crippen LogP contribution is -2.56. The van der Waals surface area contributed by atoms with Crippen LogP contribution in [0.4, 0.5) is 13.2 Å². The molecule has 1 fully saturated rings. The van der Waals surface area contributed by atoms with Crippen molar-refractivity contribution in [2.75, 3.05) is 13.1 Å². The third kappa shape index (κ3) is 4.92. The summed E-state index contributed by atoms with van der Waals surface area (Å²) in [5, 5.41) is -0.533. The van der Waals surface area contributed by atoms with E-state index < -0.39 is 32.9 Å². The Morgan fingerprint density at radius 3 is 2.40 bits per heavy atom. The first-order valence-corrected chi connectivity index (χ1v) is 10.8. The molecule has 0 aliphatic carbocycles. The Bertz CT molecular complexity index is 1020. The zero-order valence-electron chi connectivity index (χ0n) is 16.4. The maximum Gasteiger partial charge on any atom is 0.416 e. The van der Waals surface area contributed by atoms with Crippen LogP contribution in [-0.4, -0.2) is 48.7 Å². The van der Waals surface area contributed by atoms with Crippen molar-refractivity contribution < 1.29 is 31.1 Å². The van der Waals surface area contributed by atoms with E-state index in [1.54, 1.807) is 26.0 Å². The fraction of sp³-hybridized carbons (Fsp3) is 0.400. The number of ether oxygens (including phenoxy) is 1. The van der Waals surface area contributed by atoms with E-state index in [2.05, 4.69) is 4.98 Å². The van der Waals surface area contributed by atoms with E-state index in [9.17, 15) is 26.4 Å². The number of benzene rings is 1. The van der Waals surface area contributed by atoms with Crippen LogP contribution in [0.2, 0.25) is 0 Å². The molecule has 0 bridgehead atoms. The van der Waals surface area contributed by atoms with E-state index in [1.165, 1.54) is 17.0 Å². The highest BCUT2D eigenvalue weighted by Gasteiger charge is 2.34. The van der Waals surface area contributed by atoms with E-state index in [1.807, 2.05) is 0 Å². The Kier molecular flexibility index (Phi) is 6.07. The topological polar surface area (TPSA) is 76.6 Å². The van der Waals surface area contributed by atoms with E-state index in [-0.39, 0.29) is 36.2 Å². The van der Waals surface area contributed by atoms with Crippen LogP contribution in [-0.2, 0) is 27.2 Å². The van der Waals surface area contributed by atoms with Gasteiger partial charge >= 0.3 is 6.18 Å². The molecule has 0 unspecified atom stereocenters. The highest BCUT2D eigenvalue weighted by atomic mass is 32.2. The molecule has 0 saturated carbocycles. The Balaban J connectivity index is 1.52. The minimum atomic E-state index is -4.48. The lowest BCUT2D eigenvalue weighted by atomic mass is 10.1. The summed E-state index contributed by atoms with van der Waals surface area (Å²) in [6, 6.07) is 7.87. The van der Waals surface area contributed by atoms with Gasteiger partial charge in [-0.05, 0) is 37.6 Å². The van der Waals surface area contributed by atoms with Crippen LogP contribution in [0.1, 0.15) is 25.0 Å². The molecule has 0 radical (unpaired) electrons. The summed E-state index contributed by atoms with van der Waals surface area (Å²) in [6.45, 7) is 3.70. The van der Waals surface area contributed by atoms with Crippen LogP contribution in [0.15, 0.2) is 47.5 Å². The summed E-state index contributed by atoms with van der Waals surface area (Å²) in [7, 11) is -3.37. The number of likely N-dealkylation sites (tertiary alicyclic amines) is 1. The molecule has 1 aliphatic rings. The Morgan fingerprint density at radius 1 is 1.20 bits per heavy atom. The minimum absolute atomic E-state index is 0.0938. The van der Waals surface area contributed by atoms with Gasteiger partial charge in [0, 0.05) is 12.3 Å². The lowest BCUT2D eigenvalue weighted by molar-refractivity contribution is -0.139. The van der Waals surface area contributed by atoms with Crippen molar-refractivity contribution in [3.8, 4) is 5.88 Å². The molecular formula is C20H21F3N2O4S. The number of alkyl halides is 3. The SMILES string of the molecule is CC(C)S(=O)(=O)c1ccc(CC(=O)N2CC(Oc3cc(C(F)(F)F)ccn3)C2)cc1. The second-order valence-electron chi connectivity index (χ2n) is 7.33. The second-order valence-corrected chi connectivity index (χ2v) is 9.84. The van der Waals surface area contributed by atoms with Gasteiger partial charge in [0.2, 0.25) is 11.8 Å². The number of sulfone groups is 1. The number of pyridine rings is 1. The van der Waals surface area contributed by atoms with Crippen molar-refractivity contribution in [3.63, 3.8) is 0 Å². The number of nitrogens with zero attached hydrogens (tertiary/aromatic N) is 2. The molecule has 10 heteroatoms. The zero-order chi connectivity index (χ0) is 22.1. The molecule has 6 nitrogen and oxygen atoms in total. The van der Waals surface area contributed by atoms with Gasteiger partial charge in [0.05, 0.1) is 35.2 Å². The molecule has 1 aromatic heterocycles. The van der Waals surface area contributed by atoms with Gasteiger partial charge in [-0.3, -0.25) is 4.79 Å². The van der Waals surface area contributed by atoms with Crippen LogP contribution in [0.3, 0.4) is 0 Å². The standard InChI is InChI=1S/C20H21F3N2O4S/c1-13(2)30(27,28)17-5-3-14(4-6-17)9-19(26)25-11-16(12-25)29-18-10-15(7-8-24-18)20(21,22)23/h3-8,10,13,16H,9,11-12H2,1-2H3. The summed E-state index contributed by atoms with van der Waals surface area (Å²) in [6.07, 6.45) is -3.78. The molecule has 1 aliphatic heterocycles. The van der Waals surface area contributed by atoms with Gasteiger partial charge in [-0.25, -0.2) is 13.4 Å². The highest BCUT2D eigenvalue weighted by Crippen LogP contribution is 2.31.